The topological polar surface area (TPSA) is 92.4 Å². The van der Waals surface area contributed by atoms with Crippen LogP contribution in [0, 0.1) is 23.7 Å². The largest absolute Gasteiger partial charge is 0.481 e. The Morgan fingerprint density at radius 3 is 2.52 bits per heavy atom. The van der Waals surface area contributed by atoms with E-state index >= 15 is 0 Å². The van der Waals surface area contributed by atoms with Crippen LogP contribution in [-0.4, -0.2) is 30.1 Å². The Labute approximate surface area is 127 Å². The third kappa shape index (κ3) is 6.46. The van der Waals surface area contributed by atoms with Crippen molar-refractivity contribution in [3.63, 3.8) is 0 Å². The molecule has 0 aromatic carbocycles. The molecule has 3 atom stereocenters. The van der Waals surface area contributed by atoms with Crippen molar-refractivity contribution in [2.24, 2.45) is 29.4 Å². The van der Waals surface area contributed by atoms with Crippen molar-refractivity contribution >= 4 is 11.9 Å². The zero-order valence-electron chi connectivity index (χ0n) is 13.3. The maximum Gasteiger partial charge on any atom is 0.306 e. The lowest BCUT2D eigenvalue weighted by atomic mass is 9.79. The van der Waals surface area contributed by atoms with Gasteiger partial charge in [0.2, 0.25) is 5.91 Å². The van der Waals surface area contributed by atoms with Gasteiger partial charge in [-0.25, -0.2) is 0 Å². The molecule has 1 aliphatic rings. The maximum atomic E-state index is 12.0. The smallest absolute Gasteiger partial charge is 0.306 e. The first kappa shape index (κ1) is 18.0. The molecule has 0 aliphatic heterocycles. The second kappa shape index (κ2) is 9.03. The van der Waals surface area contributed by atoms with Crippen LogP contribution in [0.25, 0.3) is 0 Å². The van der Waals surface area contributed by atoms with Crippen LogP contribution in [0.3, 0.4) is 0 Å². The molecule has 0 spiro atoms. The fourth-order valence-corrected chi connectivity index (χ4v) is 3.29. The average molecular weight is 298 g/mol. The van der Waals surface area contributed by atoms with Gasteiger partial charge in [0.1, 0.15) is 0 Å². The fourth-order valence-electron chi connectivity index (χ4n) is 3.29. The number of aliphatic carboxylic acids is 1. The van der Waals surface area contributed by atoms with Crippen molar-refractivity contribution in [2.75, 3.05) is 13.1 Å². The van der Waals surface area contributed by atoms with E-state index in [2.05, 4.69) is 19.2 Å². The monoisotopic (exact) mass is 298 g/mol. The van der Waals surface area contributed by atoms with E-state index in [0.717, 1.165) is 32.1 Å². The van der Waals surface area contributed by atoms with Gasteiger partial charge in [-0.1, -0.05) is 26.7 Å². The molecular formula is C16H30N2O3. The van der Waals surface area contributed by atoms with Gasteiger partial charge in [0.05, 0.1) is 5.92 Å². The number of carboxylic acids is 1. The normalized spacial score (nSPS) is 23.8. The van der Waals surface area contributed by atoms with Gasteiger partial charge < -0.3 is 16.2 Å². The summed E-state index contributed by atoms with van der Waals surface area (Å²) in [5.41, 5.74) is 5.71. The number of rotatable bonds is 8. The highest BCUT2D eigenvalue weighted by Crippen LogP contribution is 2.29. The summed E-state index contributed by atoms with van der Waals surface area (Å²) in [6.07, 6.45) is 5.05. The van der Waals surface area contributed by atoms with Crippen molar-refractivity contribution in [1.29, 1.82) is 0 Å². The molecule has 1 rings (SSSR count). The number of nitrogens with two attached hydrogens (primary N) is 1. The van der Waals surface area contributed by atoms with E-state index < -0.39 is 5.97 Å². The van der Waals surface area contributed by atoms with Crippen molar-refractivity contribution in [3.8, 4) is 0 Å². The van der Waals surface area contributed by atoms with Crippen LogP contribution in [0.2, 0.25) is 0 Å². The first-order chi connectivity index (χ1) is 9.93. The Morgan fingerprint density at radius 2 is 1.95 bits per heavy atom. The molecule has 0 aromatic rings. The first-order valence-electron chi connectivity index (χ1n) is 8.13. The molecule has 0 bridgehead atoms. The predicted octanol–water partition coefficient (Wildman–Crippen LogP) is 2.00. The van der Waals surface area contributed by atoms with Crippen LogP contribution in [0.15, 0.2) is 0 Å². The van der Waals surface area contributed by atoms with Crippen LogP contribution in [0.5, 0.6) is 0 Å². The van der Waals surface area contributed by atoms with Gasteiger partial charge in [0, 0.05) is 13.0 Å². The Bertz CT molecular complexity index is 344. The Kier molecular flexibility index (Phi) is 7.72. The zero-order chi connectivity index (χ0) is 15.8. The maximum absolute atomic E-state index is 12.0. The van der Waals surface area contributed by atoms with Crippen molar-refractivity contribution in [1.82, 2.24) is 5.32 Å². The molecule has 2 unspecified atom stereocenters. The molecule has 0 heterocycles. The number of carboxylic acid groups (broad SMARTS) is 1. The minimum atomic E-state index is -0.728. The number of carbonyl (C=O) groups excluding carboxylic acids is 1. The van der Waals surface area contributed by atoms with Gasteiger partial charge in [-0.15, -0.1) is 0 Å². The molecule has 0 aromatic heterocycles. The third-order valence-electron chi connectivity index (χ3n) is 4.40. The molecule has 4 N–H and O–H groups in total. The lowest BCUT2D eigenvalue weighted by molar-refractivity contribution is -0.145. The number of amides is 1. The quantitative estimate of drug-likeness (QED) is 0.639. The van der Waals surface area contributed by atoms with E-state index in [0.29, 0.717) is 25.4 Å². The Morgan fingerprint density at radius 1 is 1.29 bits per heavy atom. The van der Waals surface area contributed by atoms with Crippen LogP contribution >= 0.6 is 0 Å². The molecular weight excluding hydrogens is 268 g/mol. The molecule has 21 heavy (non-hydrogen) atoms. The summed E-state index contributed by atoms with van der Waals surface area (Å²) in [7, 11) is 0. The van der Waals surface area contributed by atoms with E-state index in [1.54, 1.807) is 0 Å². The fraction of sp³-hybridized carbons (Fsp3) is 0.875. The highest BCUT2D eigenvalue weighted by atomic mass is 16.4. The third-order valence-corrected chi connectivity index (χ3v) is 4.40. The van der Waals surface area contributed by atoms with Gasteiger partial charge in [-0.3, -0.25) is 9.59 Å². The van der Waals surface area contributed by atoms with Crippen LogP contribution in [0.4, 0.5) is 0 Å². The molecule has 1 saturated carbocycles. The van der Waals surface area contributed by atoms with Gasteiger partial charge >= 0.3 is 5.97 Å². The van der Waals surface area contributed by atoms with Crippen molar-refractivity contribution in [2.45, 2.75) is 52.4 Å². The predicted molar refractivity (Wildman–Crippen MR) is 82.7 cm³/mol. The number of hydrogen-bond acceptors (Lipinski definition) is 3. The number of hydrogen-bond donors (Lipinski definition) is 3. The SMILES string of the molecule is CC(C)C[C@H](CN)CC(=O)NCC1CCCCC1C(=O)O. The number of carbonyl (C=O) groups is 2. The lowest BCUT2D eigenvalue weighted by Gasteiger charge is -2.28. The van der Waals surface area contributed by atoms with Gasteiger partial charge in [0.25, 0.3) is 0 Å². The summed E-state index contributed by atoms with van der Waals surface area (Å²) < 4.78 is 0. The second-order valence-corrected chi connectivity index (χ2v) is 6.73. The molecule has 0 saturated heterocycles. The molecule has 1 fully saturated rings. The van der Waals surface area contributed by atoms with Gasteiger partial charge in [-0.05, 0) is 43.6 Å². The summed E-state index contributed by atoms with van der Waals surface area (Å²) >= 11 is 0. The Balaban J connectivity index is 2.38. The van der Waals surface area contributed by atoms with E-state index in [1.807, 2.05) is 0 Å². The lowest BCUT2D eigenvalue weighted by Crippen LogP contribution is -2.38. The van der Waals surface area contributed by atoms with Crippen molar-refractivity contribution < 1.29 is 14.7 Å². The second-order valence-electron chi connectivity index (χ2n) is 6.73. The molecule has 122 valence electrons. The zero-order valence-corrected chi connectivity index (χ0v) is 13.3. The summed E-state index contributed by atoms with van der Waals surface area (Å²) in [5, 5.41) is 12.1. The summed E-state index contributed by atoms with van der Waals surface area (Å²) in [4.78, 5) is 23.2. The molecule has 1 aliphatic carbocycles. The van der Waals surface area contributed by atoms with E-state index in [-0.39, 0.29) is 23.7 Å². The first-order valence-corrected chi connectivity index (χ1v) is 8.13. The van der Waals surface area contributed by atoms with Crippen LogP contribution in [0.1, 0.15) is 52.4 Å². The summed E-state index contributed by atoms with van der Waals surface area (Å²) in [5.74, 6) is -0.219. The van der Waals surface area contributed by atoms with Gasteiger partial charge in [-0.2, -0.15) is 0 Å². The molecule has 5 heteroatoms. The number of nitrogens with one attached hydrogen (secondary N) is 1. The van der Waals surface area contributed by atoms with E-state index in [4.69, 9.17) is 5.73 Å². The standard InChI is InChI=1S/C16H30N2O3/c1-11(2)7-12(9-17)8-15(19)18-10-13-5-3-4-6-14(13)16(20)21/h11-14H,3-10,17H2,1-2H3,(H,18,19)(H,20,21)/t12-,13?,14?/m0/s1. The Hall–Kier alpha value is -1.10. The van der Waals surface area contributed by atoms with Crippen LogP contribution < -0.4 is 11.1 Å². The van der Waals surface area contributed by atoms with Crippen molar-refractivity contribution in [3.05, 3.63) is 0 Å². The van der Waals surface area contributed by atoms with Crippen LogP contribution in [-0.2, 0) is 9.59 Å². The average Bonchev–Trinajstić information content (AvgIpc) is 2.44. The minimum Gasteiger partial charge on any atom is -0.481 e. The highest BCUT2D eigenvalue weighted by molar-refractivity contribution is 5.76. The summed E-state index contributed by atoms with van der Waals surface area (Å²) in [6.45, 7) is 5.25. The molecule has 1 amide bonds. The minimum absolute atomic E-state index is 0.000752. The molecule has 5 nitrogen and oxygen atoms in total. The van der Waals surface area contributed by atoms with E-state index in [1.165, 1.54) is 0 Å². The summed E-state index contributed by atoms with van der Waals surface area (Å²) in [6, 6.07) is 0. The highest BCUT2D eigenvalue weighted by Gasteiger charge is 2.30. The van der Waals surface area contributed by atoms with Gasteiger partial charge in [0.15, 0.2) is 0 Å². The molecule has 0 radical (unpaired) electrons. The van der Waals surface area contributed by atoms with E-state index in [9.17, 15) is 14.7 Å².